The fraction of sp³-hybridized carbons (Fsp3) is 0. The van der Waals surface area contributed by atoms with Crippen molar-refractivity contribution in [3.8, 4) is 0 Å². The molecule has 0 amide bonds. The summed E-state index contributed by atoms with van der Waals surface area (Å²) in [5, 5.41) is 6.50. The molecule has 0 saturated heterocycles. The monoisotopic (exact) mass is 335 g/mol. The van der Waals surface area contributed by atoms with Crippen molar-refractivity contribution in [2.75, 3.05) is 0 Å². The van der Waals surface area contributed by atoms with Gasteiger partial charge >= 0.3 is 74.9 Å². The first-order valence-electron chi connectivity index (χ1n) is 0.623. The second-order valence-electron chi connectivity index (χ2n) is 0.0745. The van der Waals surface area contributed by atoms with Gasteiger partial charge in [0.1, 0.15) is 0 Å². The van der Waals surface area contributed by atoms with Gasteiger partial charge in [0.2, 0.25) is 0 Å². The zero-order valence-electron chi connectivity index (χ0n) is 8.10. The van der Waals surface area contributed by atoms with E-state index in [0.717, 1.165) is 0 Å². The fourth-order valence-electron chi connectivity index (χ4n) is 0. The summed E-state index contributed by atoms with van der Waals surface area (Å²) in [4.78, 5) is 0. The molecular weight excluding hydrogens is 320 g/mol. The van der Waals surface area contributed by atoms with Gasteiger partial charge in [0.25, 0.3) is 8.05 Å². The van der Waals surface area contributed by atoms with Crippen LogP contribution in [-0.2, 0) is 40.0 Å². The van der Waals surface area contributed by atoms with Gasteiger partial charge in [0, 0.05) is 16.5 Å². The molecule has 0 aromatic heterocycles. The molecule has 0 rings (SSSR count). The second-order valence-corrected chi connectivity index (χ2v) is 0.307. The third kappa shape index (κ3) is 565. The predicted molar refractivity (Wildman–Crippen MR) is 35.8 cm³/mol. The van der Waals surface area contributed by atoms with Crippen LogP contribution < -0.4 is 51.4 Å². The zero-order chi connectivity index (χ0) is 4.71. The number of hydrogen-bond donors (Lipinski definition) is 1. The van der Waals surface area contributed by atoms with E-state index in [1.807, 2.05) is 0 Å². The van der Waals surface area contributed by atoms with E-state index < -0.39 is 16.2 Å². The molecule has 0 fully saturated rings. The Kier molecular flexibility index (Phi) is 3230. The Morgan fingerprint density at radius 1 is 0.786 bits per heavy atom. The molecule has 0 aliphatic carbocycles. The van der Waals surface area contributed by atoms with Crippen LogP contribution in [0.1, 0.15) is 1.43 Å². The second kappa shape index (κ2) is 318. The van der Waals surface area contributed by atoms with Crippen molar-refractivity contribution in [1.29, 1.82) is 0 Å². The van der Waals surface area contributed by atoms with Crippen molar-refractivity contribution in [3.05, 3.63) is 0 Å². The Morgan fingerprint density at radius 2 is 0.786 bits per heavy atom. The normalized spacial score (nSPS) is 0.929. The Balaban J connectivity index is -0.000000000731. The molecule has 0 aliphatic rings. The Hall–Kier alpha value is 2.06. The average Bonchev–Trinajstić information content (AvgIpc) is 1.46. The van der Waals surface area contributed by atoms with Crippen LogP contribution in [0.4, 0.5) is 0 Å². The number of hydrogen-bond acceptors (Lipinski definition) is 3. The van der Waals surface area contributed by atoms with Crippen LogP contribution in [0.25, 0.3) is 0 Å². The predicted octanol–water partition coefficient (Wildman–Crippen LogP) is -9.84. The zero-order valence-corrected chi connectivity index (χ0v) is 12.6. The molecule has 14 heavy (non-hydrogen) atoms. The van der Waals surface area contributed by atoms with Gasteiger partial charge in [-0.1, -0.05) is 0 Å². The van der Waals surface area contributed by atoms with Crippen LogP contribution in [0.15, 0.2) is 0 Å². The van der Waals surface area contributed by atoms with Crippen LogP contribution in [0.5, 0.6) is 0 Å². The molecule has 10 nitrogen and oxygen atoms in total. The van der Waals surface area contributed by atoms with Crippen LogP contribution in [0.2, 0.25) is 0 Å². The van der Waals surface area contributed by atoms with E-state index in [1.54, 1.807) is 0 Å². The molecule has 0 unspecified atom stereocenters. The maximum atomic E-state index is 8.47. The van der Waals surface area contributed by atoms with Crippen molar-refractivity contribution >= 4 is 8.05 Å². The minimum atomic E-state index is -1.81. The Morgan fingerprint density at radius 3 is 0.786 bits per heavy atom. The van der Waals surface area contributed by atoms with E-state index in [1.165, 1.54) is 0 Å². The SMILES string of the molecule is O.O.O.O.O.O.O.[B]O.[H-].[K+].[Ni].[O]=[V]=[O]. The summed E-state index contributed by atoms with van der Waals surface area (Å²) >= 11 is -1.81. The van der Waals surface area contributed by atoms with Gasteiger partial charge in [-0.05, 0) is 0 Å². The van der Waals surface area contributed by atoms with E-state index in [4.69, 9.17) is 12.4 Å². The number of rotatable bonds is 0. The van der Waals surface area contributed by atoms with Gasteiger partial charge in [0.05, 0.1) is 0 Å². The molecule has 0 aromatic carbocycles. The van der Waals surface area contributed by atoms with E-state index in [0.29, 0.717) is 0 Å². The van der Waals surface area contributed by atoms with E-state index >= 15 is 0 Å². The van der Waals surface area contributed by atoms with Crippen molar-refractivity contribution in [1.82, 2.24) is 0 Å². The Labute approximate surface area is 142 Å². The molecule has 14 heteroatoms. The first-order valence-corrected chi connectivity index (χ1v) is 1.76. The van der Waals surface area contributed by atoms with Crippen molar-refractivity contribution < 1.29 is 136 Å². The van der Waals surface area contributed by atoms with E-state index in [9.17, 15) is 0 Å². The van der Waals surface area contributed by atoms with Crippen LogP contribution in [0, 0.1) is 0 Å². The summed E-state index contributed by atoms with van der Waals surface area (Å²) in [6, 6.07) is 0. The van der Waals surface area contributed by atoms with Gasteiger partial charge in [-0.2, -0.15) is 0 Å². The molecule has 0 aromatic rings. The van der Waals surface area contributed by atoms with Gasteiger partial charge in [-0.15, -0.1) is 0 Å². The van der Waals surface area contributed by atoms with Gasteiger partial charge in [-0.3, -0.25) is 0 Å². The molecule has 95 valence electrons. The van der Waals surface area contributed by atoms with Crippen LogP contribution in [-0.4, -0.2) is 51.4 Å². The van der Waals surface area contributed by atoms with Crippen LogP contribution >= 0.6 is 0 Å². The molecular formula is H16BKNiO10V. The maximum absolute atomic E-state index is 8.47. The summed E-state index contributed by atoms with van der Waals surface area (Å²) in [5.74, 6) is 0. The summed E-state index contributed by atoms with van der Waals surface area (Å²) in [6.45, 7) is 0. The third-order valence-electron chi connectivity index (χ3n) is 0. The van der Waals surface area contributed by atoms with Crippen molar-refractivity contribution in [2.45, 2.75) is 0 Å². The van der Waals surface area contributed by atoms with Crippen LogP contribution in [0.3, 0.4) is 0 Å². The molecule has 2 radical (unpaired) electrons. The molecule has 0 heterocycles. The summed E-state index contributed by atoms with van der Waals surface area (Å²) in [5.41, 5.74) is 0. The minimum absolute atomic E-state index is 0. The van der Waals surface area contributed by atoms with Crippen molar-refractivity contribution in [3.63, 3.8) is 0 Å². The van der Waals surface area contributed by atoms with E-state index in [-0.39, 0.29) is 108 Å². The first-order chi connectivity index (χ1) is 2.41. The third-order valence-corrected chi connectivity index (χ3v) is 0. The molecule has 0 aliphatic heterocycles. The fourth-order valence-corrected chi connectivity index (χ4v) is 0. The van der Waals surface area contributed by atoms with Gasteiger partial charge in [-0.25, -0.2) is 0 Å². The summed E-state index contributed by atoms with van der Waals surface area (Å²) in [6.07, 6.45) is 0. The van der Waals surface area contributed by atoms with Crippen molar-refractivity contribution in [2.24, 2.45) is 0 Å². The quantitative estimate of drug-likeness (QED) is 0.422. The van der Waals surface area contributed by atoms with Gasteiger partial charge < -0.3 is 44.8 Å². The summed E-state index contributed by atoms with van der Waals surface area (Å²) < 4.78 is 16.9. The standard InChI is InChI=1S/BHO.K.Ni.7H2O.2O.V.H/c1-2;;;;;;;;;;;;;/h2H;;;7*1H2;;;;/q;+1;;;;;;;;;;;;-1. The molecule has 0 saturated carbocycles. The average molecular weight is 336 g/mol. The molecule has 0 atom stereocenters. The Bertz CT molecular complexity index is 46.4. The first kappa shape index (κ1) is 142. The molecule has 0 bridgehead atoms. The summed E-state index contributed by atoms with van der Waals surface area (Å²) in [7, 11) is 3.50. The topological polar surface area (TPSA) is 275 Å². The molecule has 15 N–H and O–H groups in total. The van der Waals surface area contributed by atoms with E-state index in [2.05, 4.69) is 8.05 Å². The van der Waals surface area contributed by atoms with Gasteiger partial charge in [0.15, 0.2) is 0 Å². The molecule has 0 spiro atoms.